The number of likely N-dealkylation sites (N-methyl/N-ethyl adjacent to an activating group) is 1. The predicted octanol–water partition coefficient (Wildman–Crippen LogP) is 3.17. The highest BCUT2D eigenvalue weighted by molar-refractivity contribution is 5.98. The van der Waals surface area contributed by atoms with Crippen LogP contribution in [0.3, 0.4) is 0 Å². The fourth-order valence-corrected chi connectivity index (χ4v) is 4.01. The Labute approximate surface area is 183 Å². The van der Waals surface area contributed by atoms with Gasteiger partial charge < -0.3 is 10.6 Å². The molecule has 0 aliphatic heterocycles. The maximum atomic E-state index is 13.0. The molecule has 0 unspecified atom stereocenters. The quantitative estimate of drug-likeness (QED) is 0.604. The molecule has 7 nitrogen and oxygen atoms in total. The normalized spacial score (nSPS) is 12.2. The van der Waals surface area contributed by atoms with Gasteiger partial charge in [0.25, 0.3) is 5.91 Å². The number of hydrogen-bond donors (Lipinski definition) is 1. The standard InChI is InChI=1S/C24H31N5O2/c1-6-19(13-18-9-7-15(2)8-10-18)28(5)22(30)12-11-20-16(3)27-24-21(23(25)31)14-26-29(24)17(20)4/h7-10,14,19H,6,11-13H2,1-5H3,(H2,25,31)/t19-/m1/s1. The zero-order valence-electron chi connectivity index (χ0n) is 19.0. The van der Waals surface area contributed by atoms with Crippen LogP contribution in [0, 0.1) is 20.8 Å². The molecule has 1 atom stereocenters. The van der Waals surface area contributed by atoms with Crippen LogP contribution in [0.2, 0.25) is 0 Å². The summed E-state index contributed by atoms with van der Waals surface area (Å²) < 4.78 is 1.63. The van der Waals surface area contributed by atoms with Gasteiger partial charge in [-0.3, -0.25) is 9.59 Å². The maximum absolute atomic E-state index is 13.0. The first-order chi connectivity index (χ1) is 14.7. The SMILES string of the molecule is CC[C@H](Cc1ccc(C)cc1)N(C)C(=O)CCc1c(C)nc2c(C(N)=O)cnn2c1C. The number of primary amides is 1. The molecule has 0 radical (unpaired) electrons. The Kier molecular flexibility index (Phi) is 6.73. The van der Waals surface area contributed by atoms with E-state index in [9.17, 15) is 9.59 Å². The van der Waals surface area contributed by atoms with Gasteiger partial charge in [0, 0.05) is 30.9 Å². The van der Waals surface area contributed by atoms with E-state index in [1.54, 1.807) is 4.52 Å². The fraction of sp³-hybridized carbons (Fsp3) is 0.417. The first-order valence-electron chi connectivity index (χ1n) is 10.7. The number of aryl methyl sites for hydroxylation is 3. The summed E-state index contributed by atoms with van der Waals surface area (Å²) in [5.41, 5.74) is 11.3. The number of carbonyl (C=O) groups excluding carboxylic acids is 2. The van der Waals surface area contributed by atoms with Gasteiger partial charge in [-0.25, -0.2) is 9.50 Å². The third-order valence-corrected chi connectivity index (χ3v) is 6.07. The zero-order valence-corrected chi connectivity index (χ0v) is 19.0. The van der Waals surface area contributed by atoms with Gasteiger partial charge in [0.2, 0.25) is 5.91 Å². The van der Waals surface area contributed by atoms with Crippen molar-refractivity contribution in [3.63, 3.8) is 0 Å². The summed E-state index contributed by atoms with van der Waals surface area (Å²) in [6.45, 7) is 8.00. The number of benzene rings is 1. The van der Waals surface area contributed by atoms with E-state index in [2.05, 4.69) is 48.2 Å². The Hall–Kier alpha value is -3.22. The summed E-state index contributed by atoms with van der Waals surface area (Å²) in [7, 11) is 1.89. The summed E-state index contributed by atoms with van der Waals surface area (Å²) in [5, 5.41) is 4.26. The zero-order chi connectivity index (χ0) is 22.7. The predicted molar refractivity (Wildman–Crippen MR) is 121 cm³/mol. The van der Waals surface area contributed by atoms with E-state index >= 15 is 0 Å². The first-order valence-corrected chi connectivity index (χ1v) is 10.7. The first kappa shape index (κ1) is 22.5. The van der Waals surface area contributed by atoms with Crippen LogP contribution in [0.25, 0.3) is 5.65 Å². The Balaban J connectivity index is 1.72. The van der Waals surface area contributed by atoms with Crippen molar-refractivity contribution in [2.75, 3.05) is 7.05 Å². The molecule has 7 heteroatoms. The molecule has 0 spiro atoms. The number of fused-ring (bicyclic) bond motifs is 1. The molecule has 0 fully saturated rings. The van der Waals surface area contributed by atoms with E-state index in [0.717, 1.165) is 29.8 Å². The molecule has 2 aromatic heterocycles. The van der Waals surface area contributed by atoms with Gasteiger partial charge in [-0.15, -0.1) is 0 Å². The van der Waals surface area contributed by atoms with E-state index in [4.69, 9.17) is 5.73 Å². The molecule has 31 heavy (non-hydrogen) atoms. The van der Waals surface area contributed by atoms with Gasteiger partial charge in [-0.2, -0.15) is 5.10 Å². The van der Waals surface area contributed by atoms with E-state index in [1.807, 2.05) is 25.8 Å². The lowest BCUT2D eigenvalue weighted by Crippen LogP contribution is -2.38. The average molecular weight is 422 g/mol. The van der Waals surface area contributed by atoms with Crippen LogP contribution in [0.4, 0.5) is 0 Å². The second kappa shape index (κ2) is 9.29. The van der Waals surface area contributed by atoms with Crippen LogP contribution in [0.5, 0.6) is 0 Å². The Morgan fingerprint density at radius 3 is 2.45 bits per heavy atom. The van der Waals surface area contributed by atoms with E-state index in [-0.39, 0.29) is 11.9 Å². The van der Waals surface area contributed by atoms with E-state index in [1.165, 1.54) is 17.3 Å². The lowest BCUT2D eigenvalue weighted by molar-refractivity contribution is -0.132. The molecule has 0 aliphatic carbocycles. The third kappa shape index (κ3) is 4.76. The molecule has 2 amide bonds. The number of carbonyl (C=O) groups is 2. The van der Waals surface area contributed by atoms with Crippen LogP contribution in [0.15, 0.2) is 30.5 Å². The molecule has 3 aromatic rings. The van der Waals surface area contributed by atoms with Crippen molar-refractivity contribution in [2.45, 2.75) is 59.4 Å². The number of amides is 2. The summed E-state index contributed by atoms with van der Waals surface area (Å²) in [6.07, 6.45) is 4.13. The monoisotopic (exact) mass is 421 g/mol. The number of hydrogen-bond acceptors (Lipinski definition) is 4. The van der Waals surface area contributed by atoms with Crippen LogP contribution in [-0.2, 0) is 17.6 Å². The van der Waals surface area contributed by atoms with Gasteiger partial charge in [0.1, 0.15) is 5.56 Å². The van der Waals surface area contributed by atoms with Crippen molar-refractivity contribution in [2.24, 2.45) is 5.73 Å². The smallest absolute Gasteiger partial charge is 0.254 e. The number of rotatable bonds is 8. The molecule has 0 bridgehead atoms. The highest BCUT2D eigenvalue weighted by Crippen LogP contribution is 2.20. The number of nitrogens with zero attached hydrogens (tertiary/aromatic N) is 4. The van der Waals surface area contributed by atoms with Crippen molar-refractivity contribution in [3.8, 4) is 0 Å². The third-order valence-electron chi connectivity index (χ3n) is 6.07. The van der Waals surface area contributed by atoms with Crippen LogP contribution >= 0.6 is 0 Å². The lowest BCUT2D eigenvalue weighted by Gasteiger charge is -2.28. The molecule has 0 saturated carbocycles. The van der Waals surface area contributed by atoms with Gasteiger partial charge in [0.15, 0.2) is 5.65 Å². The van der Waals surface area contributed by atoms with E-state index in [0.29, 0.717) is 24.1 Å². The van der Waals surface area contributed by atoms with Crippen LogP contribution in [0.1, 0.15) is 58.2 Å². The summed E-state index contributed by atoms with van der Waals surface area (Å²) in [6, 6.07) is 8.64. The Morgan fingerprint density at radius 1 is 1.16 bits per heavy atom. The average Bonchev–Trinajstić information content (AvgIpc) is 3.16. The van der Waals surface area contributed by atoms with Crippen molar-refractivity contribution in [1.82, 2.24) is 19.5 Å². The van der Waals surface area contributed by atoms with Crippen LogP contribution < -0.4 is 5.73 Å². The van der Waals surface area contributed by atoms with Gasteiger partial charge in [0.05, 0.1) is 6.20 Å². The Bertz CT molecular complexity index is 1100. The minimum Gasteiger partial charge on any atom is -0.365 e. The minimum absolute atomic E-state index is 0.108. The molecule has 0 saturated heterocycles. The van der Waals surface area contributed by atoms with Gasteiger partial charge in [-0.1, -0.05) is 36.8 Å². The van der Waals surface area contributed by atoms with Crippen molar-refractivity contribution in [3.05, 3.63) is 64.1 Å². The molecule has 164 valence electrons. The summed E-state index contributed by atoms with van der Waals surface area (Å²) in [4.78, 5) is 31.0. The fourth-order valence-electron chi connectivity index (χ4n) is 4.01. The van der Waals surface area contributed by atoms with Crippen LogP contribution in [-0.4, -0.2) is 44.4 Å². The molecule has 0 aliphatic rings. The molecule has 2 heterocycles. The highest BCUT2D eigenvalue weighted by Gasteiger charge is 2.21. The molecular formula is C24H31N5O2. The molecule has 1 aromatic carbocycles. The largest absolute Gasteiger partial charge is 0.365 e. The summed E-state index contributed by atoms with van der Waals surface area (Å²) in [5.74, 6) is -0.443. The van der Waals surface area contributed by atoms with Crippen molar-refractivity contribution in [1.29, 1.82) is 0 Å². The summed E-state index contributed by atoms with van der Waals surface area (Å²) >= 11 is 0. The van der Waals surface area contributed by atoms with Gasteiger partial charge in [-0.05, 0) is 51.2 Å². The highest BCUT2D eigenvalue weighted by atomic mass is 16.2. The maximum Gasteiger partial charge on any atom is 0.254 e. The van der Waals surface area contributed by atoms with Crippen molar-refractivity contribution >= 4 is 17.5 Å². The topological polar surface area (TPSA) is 93.6 Å². The Morgan fingerprint density at radius 2 is 1.84 bits per heavy atom. The number of aromatic nitrogens is 3. The second-order valence-corrected chi connectivity index (χ2v) is 8.18. The second-order valence-electron chi connectivity index (χ2n) is 8.18. The molecule has 3 rings (SSSR count). The van der Waals surface area contributed by atoms with E-state index < -0.39 is 5.91 Å². The number of nitrogens with two attached hydrogens (primary N) is 1. The van der Waals surface area contributed by atoms with Crippen molar-refractivity contribution < 1.29 is 9.59 Å². The lowest BCUT2D eigenvalue weighted by atomic mass is 10.0. The molecule has 2 N–H and O–H groups in total. The van der Waals surface area contributed by atoms with Gasteiger partial charge >= 0.3 is 0 Å². The minimum atomic E-state index is -0.551. The molecular weight excluding hydrogens is 390 g/mol.